The molecule has 0 saturated heterocycles. The average Bonchev–Trinajstić information content (AvgIpc) is 2.36. The van der Waals surface area contributed by atoms with Crippen LogP contribution >= 0.6 is 0 Å². The zero-order valence-electron chi connectivity index (χ0n) is 11.5. The lowest BCUT2D eigenvalue weighted by atomic mass is 9.96. The summed E-state index contributed by atoms with van der Waals surface area (Å²) >= 11 is 0. The molecule has 0 radical (unpaired) electrons. The molecule has 0 aliphatic carbocycles. The highest BCUT2D eigenvalue weighted by atomic mass is 16.1. The molecule has 100 valence electrons. The monoisotopic (exact) mass is 248 g/mol. The predicted octanol–water partition coefficient (Wildman–Crippen LogP) is 2.48. The van der Waals surface area contributed by atoms with E-state index in [0.717, 1.165) is 12.0 Å². The molecule has 0 aliphatic heterocycles. The first-order chi connectivity index (χ1) is 8.54. The predicted molar refractivity (Wildman–Crippen MR) is 75.0 cm³/mol. The summed E-state index contributed by atoms with van der Waals surface area (Å²) in [5.41, 5.74) is 6.79. The van der Waals surface area contributed by atoms with Gasteiger partial charge in [0.1, 0.15) is 0 Å². The fourth-order valence-electron chi connectivity index (χ4n) is 2.04. The number of amides is 1. The van der Waals surface area contributed by atoms with E-state index in [1.165, 1.54) is 0 Å². The number of carbonyl (C=O) groups is 1. The van der Waals surface area contributed by atoms with Crippen LogP contribution in [0.25, 0.3) is 0 Å². The molecule has 0 aromatic heterocycles. The van der Waals surface area contributed by atoms with Gasteiger partial charge in [-0.3, -0.25) is 4.79 Å². The zero-order valence-corrected chi connectivity index (χ0v) is 11.5. The van der Waals surface area contributed by atoms with Gasteiger partial charge in [0.25, 0.3) is 0 Å². The van der Waals surface area contributed by atoms with Crippen LogP contribution in [0, 0.1) is 11.8 Å². The lowest BCUT2D eigenvalue weighted by Crippen LogP contribution is -2.37. The third kappa shape index (κ3) is 4.49. The largest absolute Gasteiger partial charge is 0.349 e. The van der Waals surface area contributed by atoms with Crippen LogP contribution in [-0.2, 0) is 4.79 Å². The van der Waals surface area contributed by atoms with Gasteiger partial charge in [-0.1, -0.05) is 44.2 Å². The maximum atomic E-state index is 12.1. The molecule has 3 nitrogen and oxygen atoms in total. The molecule has 2 unspecified atom stereocenters. The van der Waals surface area contributed by atoms with Gasteiger partial charge in [0.2, 0.25) is 5.91 Å². The molecule has 0 spiro atoms. The van der Waals surface area contributed by atoms with Crippen LogP contribution in [0.5, 0.6) is 0 Å². The molecule has 1 aromatic rings. The Morgan fingerprint density at radius 2 is 1.83 bits per heavy atom. The van der Waals surface area contributed by atoms with Crippen LogP contribution < -0.4 is 11.1 Å². The molecule has 1 aromatic carbocycles. The Bertz CT molecular complexity index is 362. The van der Waals surface area contributed by atoms with Gasteiger partial charge in [0.15, 0.2) is 0 Å². The summed E-state index contributed by atoms with van der Waals surface area (Å²) in [5, 5.41) is 3.03. The molecular formula is C15H24N2O. The number of hydrogen-bond acceptors (Lipinski definition) is 2. The van der Waals surface area contributed by atoms with E-state index in [4.69, 9.17) is 5.73 Å². The van der Waals surface area contributed by atoms with Crippen LogP contribution in [0.1, 0.15) is 38.8 Å². The molecule has 0 bridgehead atoms. The maximum absolute atomic E-state index is 12.1. The summed E-state index contributed by atoms with van der Waals surface area (Å²) in [5.74, 6) is 0.454. The SMILES string of the molecule is CC(C)CC(CN)C(=O)NC(C)c1ccccc1. The summed E-state index contributed by atoms with van der Waals surface area (Å²) in [6.45, 7) is 6.62. The molecule has 0 heterocycles. The Labute approximate surface area is 110 Å². The van der Waals surface area contributed by atoms with Gasteiger partial charge in [-0.15, -0.1) is 0 Å². The number of benzene rings is 1. The number of hydrogen-bond donors (Lipinski definition) is 2. The van der Waals surface area contributed by atoms with Crippen molar-refractivity contribution in [3.05, 3.63) is 35.9 Å². The second-order valence-electron chi connectivity index (χ2n) is 5.20. The molecular weight excluding hydrogens is 224 g/mol. The fourth-order valence-corrected chi connectivity index (χ4v) is 2.04. The van der Waals surface area contributed by atoms with Gasteiger partial charge in [-0.05, 0) is 24.8 Å². The third-order valence-electron chi connectivity index (χ3n) is 3.07. The summed E-state index contributed by atoms with van der Waals surface area (Å²) in [6.07, 6.45) is 0.837. The van der Waals surface area contributed by atoms with Crippen molar-refractivity contribution in [2.45, 2.75) is 33.2 Å². The quantitative estimate of drug-likeness (QED) is 0.812. The van der Waals surface area contributed by atoms with Crippen LogP contribution in [0.4, 0.5) is 0 Å². The minimum absolute atomic E-state index is 0.0277. The summed E-state index contributed by atoms with van der Waals surface area (Å²) in [6, 6.07) is 9.99. The standard InChI is InChI=1S/C15H24N2O/c1-11(2)9-14(10-16)15(18)17-12(3)13-7-5-4-6-8-13/h4-8,11-12,14H,9-10,16H2,1-3H3,(H,17,18). The zero-order chi connectivity index (χ0) is 13.5. The van der Waals surface area contributed by atoms with E-state index < -0.39 is 0 Å². The molecule has 2 atom stereocenters. The molecule has 0 fully saturated rings. The number of rotatable bonds is 6. The minimum Gasteiger partial charge on any atom is -0.349 e. The van der Waals surface area contributed by atoms with Crippen molar-refractivity contribution in [3.63, 3.8) is 0 Å². The van der Waals surface area contributed by atoms with Gasteiger partial charge in [-0.2, -0.15) is 0 Å². The lowest BCUT2D eigenvalue weighted by Gasteiger charge is -2.20. The van der Waals surface area contributed by atoms with Crippen molar-refractivity contribution < 1.29 is 4.79 Å². The second kappa shape index (κ2) is 7.17. The Morgan fingerprint density at radius 1 is 1.22 bits per heavy atom. The highest BCUT2D eigenvalue weighted by Gasteiger charge is 2.19. The van der Waals surface area contributed by atoms with Crippen molar-refractivity contribution in [2.24, 2.45) is 17.6 Å². The first-order valence-electron chi connectivity index (χ1n) is 6.60. The Hall–Kier alpha value is -1.35. The average molecular weight is 248 g/mol. The van der Waals surface area contributed by atoms with Gasteiger partial charge in [0, 0.05) is 6.54 Å². The van der Waals surface area contributed by atoms with E-state index in [9.17, 15) is 4.79 Å². The Morgan fingerprint density at radius 3 is 2.33 bits per heavy atom. The molecule has 1 amide bonds. The number of carbonyl (C=O) groups excluding carboxylic acids is 1. The van der Waals surface area contributed by atoms with Crippen molar-refractivity contribution in [1.29, 1.82) is 0 Å². The molecule has 3 heteroatoms. The van der Waals surface area contributed by atoms with E-state index in [1.54, 1.807) is 0 Å². The van der Waals surface area contributed by atoms with Gasteiger partial charge in [0.05, 0.1) is 12.0 Å². The van der Waals surface area contributed by atoms with Gasteiger partial charge in [-0.25, -0.2) is 0 Å². The van der Waals surface area contributed by atoms with E-state index in [1.807, 2.05) is 37.3 Å². The molecule has 0 aliphatic rings. The Kier molecular flexibility index (Phi) is 5.86. The van der Waals surface area contributed by atoms with Gasteiger partial charge >= 0.3 is 0 Å². The van der Waals surface area contributed by atoms with Crippen molar-refractivity contribution >= 4 is 5.91 Å². The van der Waals surface area contributed by atoms with Crippen molar-refractivity contribution in [2.75, 3.05) is 6.54 Å². The van der Waals surface area contributed by atoms with Crippen LogP contribution in [0.15, 0.2) is 30.3 Å². The molecule has 1 rings (SSSR count). The summed E-state index contributed by atoms with van der Waals surface area (Å²) in [7, 11) is 0. The van der Waals surface area contributed by atoms with Crippen LogP contribution in [0.3, 0.4) is 0 Å². The highest BCUT2D eigenvalue weighted by Crippen LogP contribution is 2.15. The number of nitrogens with two attached hydrogens (primary N) is 1. The topological polar surface area (TPSA) is 55.1 Å². The van der Waals surface area contributed by atoms with E-state index in [0.29, 0.717) is 12.5 Å². The Balaban J connectivity index is 2.58. The minimum atomic E-state index is -0.0869. The highest BCUT2D eigenvalue weighted by molar-refractivity contribution is 5.79. The van der Waals surface area contributed by atoms with Crippen molar-refractivity contribution in [3.8, 4) is 0 Å². The van der Waals surface area contributed by atoms with E-state index in [-0.39, 0.29) is 17.9 Å². The van der Waals surface area contributed by atoms with Crippen molar-refractivity contribution in [1.82, 2.24) is 5.32 Å². The summed E-state index contributed by atoms with van der Waals surface area (Å²) < 4.78 is 0. The van der Waals surface area contributed by atoms with E-state index in [2.05, 4.69) is 19.2 Å². The normalized spacial score (nSPS) is 14.3. The maximum Gasteiger partial charge on any atom is 0.224 e. The number of nitrogens with one attached hydrogen (secondary N) is 1. The van der Waals surface area contributed by atoms with Crippen LogP contribution in [-0.4, -0.2) is 12.5 Å². The van der Waals surface area contributed by atoms with Gasteiger partial charge < -0.3 is 11.1 Å². The molecule has 3 N–H and O–H groups in total. The smallest absolute Gasteiger partial charge is 0.224 e. The first kappa shape index (κ1) is 14.7. The fraction of sp³-hybridized carbons (Fsp3) is 0.533. The third-order valence-corrected chi connectivity index (χ3v) is 3.07. The van der Waals surface area contributed by atoms with Crippen LogP contribution in [0.2, 0.25) is 0 Å². The molecule has 18 heavy (non-hydrogen) atoms. The molecule has 0 saturated carbocycles. The second-order valence-corrected chi connectivity index (χ2v) is 5.20. The van der Waals surface area contributed by atoms with E-state index >= 15 is 0 Å². The first-order valence-corrected chi connectivity index (χ1v) is 6.60. The lowest BCUT2D eigenvalue weighted by molar-refractivity contribution is -0.125. The summed E-state index contributed by atoms with van der Waals surface area (Å²) in [4.78, 5) is 12.1.